The van der Waals surface area contributed by atoms with E-state index in [0.29, 0.717) is 29.3 Å². The Morgan fingerprint density at radius 3 is 2.42 bits per heavy atom. The van der Waals surface area contributed by atoms with Gasteiger partial charge in [0.15, 0.2) is 28.3 Å². The van der Waals surface area contributed by atoms with E-state index in [1.807, 2.05) is 10.8 Å². The van der Waals surface area contributed by atoms with Crippen molar-refractivity contribution in [2.75, 3.05) is 19.1 Å². The summed E-state index contributed by atoms with van der Waals surface area (Å²) in [6.07, 6.45) is 3.04. The Balaban J connectivity index is 2.47. The number of fused-ring (bicyclic) bond motifs is 1. The zero-order valence-corrected chi connectivity index (χ0v) is 19.6. The van der Waals surface area contributed by atoms with Gasteiger partial charge in [-0.15, -0.1) is 0 Å². The number of hydrogen-bond acceptors (Lipinski definition) is 6. The molecular formula is C16H26ClN3O3S2Si. The smallest absolute Gasteiger partial charge is 0.195 e. The van der Waals surface area contributed by atoms with Gasteiger partial charge in [0, 0.05) is 18.9 Å². The Morgan fingerprint density at radius 1 is 1.31 bits per heavy atom. The van der Waals surface area contributed by atoms with Crippen molar-refractivity contribution in [2.24, 2.45) is 0 Å². The van der Waals surface area contributed by atoms with Crippen molar-refractivity contribution < 1.29 is 12.8 Å². The van der Waals surface area contributed by atoms with E-state index in [1.165, 1.54) is 11.8 Å². The summed E-state index contributed by atoms with van der Waals surface area (Å²) in [6.45, 7) is 11.9. The minimum Gasteiger partial charge on any atom is -0.415 e. The number of nitrogens with zero attached hydrogens (tertiary/aromatic N) is 3. The van der Waals surface area contributed by atoms with Gasteiger partial charge in [0.1, 0.15) is 10.7 Å². The van der Waals surface area contributed by atoms with Crippen molar-refractivity contribution in [3.63, 3.8) is 0 Å². The highest BCUT2D eigenvalue weighted by Gasteiger charge is 2.37. The molecule has 0 aromatic carbocycles. The van der Waals surface area contributed by atoms with Gasteiger partial charge in [-0.25, -0.2) is 18.4 Å². The van der Waals surface area contributed by atoms with Crippen LogP contribution in [0.3, 0.4) is 0 Å². The summed E-state index contributed by atoms with van der Waals surface area (Å²) in [6, 6.07) is 1.59. The Labute approximate surface area is 165 Å². The van der Waals surface area contributed by atoms with Gasteiger partial charge >= 0.3 is 0 Å². The lowest BCUT2D eigenvalue weighted by molar-refractivity contribution is 0.269. The van der Waals surface area contributed by atoms with Gasteiger partial charge in [-0.1, -0.05) is 44.1 Å². The van der Waals surface area contributed by atoms with Gasteiger partial charge in [0.25, 0.3) is 0 Å². The zero-order valence-electron chi connectivity index (χ0n) is 16.3. The van der Waals surface area contributed by atoms with E-state index < -0.39 is 18.2 Å². The van der Waals surface area contributed by atoms with Gasteiger partial charge in [-0.05, 0) is 24.4 Å². The largest absolute Gasteiger partial charge is 0.415 e. The third kappa shape index (κ3) is 4.44. The van der Waals surface area contributed by atoms with Gasteiger partial charge in [0.2, 0.25) is 0 Å². The molecule has 0 unspecified atom stereocenters. The van der Waals surface area contributed by atoms with Crippen molar-refractivity contribution in [3.05, 3.63) is 11.2 Å². The predicted octanol–water partition coefficient (Wildman–Crippen LogP) is 4.23. The lowest BCUT2D eigenvalue weighted by Crippen LogP contribution is -2.41. The van der Waals surface area contributed by atoms with Crippen LogP contribution in [-0.2, 0) is 20.8 Å². The van der Waals surface area contributed by atoms with Crippen LogP contribution in [0.25, 0.3) is 11.0 Å². The molecule has 2 aromatic heterocycles. The molecule has 0 aliphatic heterocycles. The summed E-state index contributed by atoms with van der Waals surface area (Å²) in [5.74, 6) is 0. The molecule has 0 N–H and O–H groups in total. The van der Waals surface area contributed by atoms with Crippen molar-refractivity contribution in [1.82, 2.24) is 14.5 Å². The summed E-state index contributed by atoms with van der Waals surface area (Å²) in [5.41, 5.74) is 1.02. The van der Waals surface area contributed by atoms with Crippen LogP contribution in [0.2, 0.25) is 23.3 Å². The number of imidazole rings is 1. The summed E-state index contributed by atoms with van der Waals surface area (Å²) >= 11 is 7.45. The molecule has 0 saturated carbocycles. The third-order valence-corrected chi connectivity index (χ3v) is 11.1. The minimum absolute atomic E-state index is 0.0415. The van der Waals surface area contributed by atoms with E-state index in [4.69, 9.17) is 16.0 Å². The van der Waals surface area contributed by atoms with Crippen LogP contribution in [0.1, 0.15) is 20.8 Å². The summed E-state index contributed by atoms with van der Waals surface area (Å²) in [5, 5.41) is 0.903. The van der Waals surface area contributed by atoms with E-state index in [2.05, 4.69) is 43.8 Å². The lowest BCUT2D eigenvalue weighted by atomic mass is 10.2. The van der Waals surface area contributed by atoms with Crippen LogP contribution in [0.15, 0.2) is 16.2 Å². The third-order valence-electron chi connectivity index (χ3n) is 4.74. The van der Waals surface area contributed by atoms with Gasteiger partial charge in [0.05, 0.1) is 12.1 Å². The normalized spacial score (nSPS) is 13.5. The first-order valence-electron chi connectivity index (χ1n) is 8.23. The molecule has 26 heavy (non-hydrogen) atoms. The molecule has 0 aliphatic rings. The average molecular weight is 436 g/mol. The zero-order chi connectivity index (χ0) is 19.9. The van der Waals surface area contributed by atoms with Crippen molar-refractivity contribution in [1.29, 1.82) is 0 Å². The second kappa shape index (κ2) is 7.42. The van der Waals surface area contributed by atoms with Crippen LogP contribution in [0.4, 0.5) is 0 Å². The molecule has 0 radical (unpaired) electrons. The fourth-order valence-corrected chi connectivity index (χ4v) is 5.00. The summed E-state index contributed by atoms with van der Waals surface area (Å²) in [4.78, 5) is 8.58. The lowest BCUT2D eigenvalue weighted by Gasteiger charge is -2.36. The molecule has 146 valence electrons. The quantitative estimate of drug-likeness (QED) is 0.384. The van der Waals surface area contributed by atoms with Gasteiger partial charge in [-0.2, -0.15) is 0 Å². The SMILES string of the molecule is CSc1nc2cc(Cl)nc(S(C)(=O)=O)c2n1CCO[Si](C)(C)C(C)(C)C. The fraction of sp³-hybridized carbons (Fsp3) is 0.625. The Hall–Kier alpha value is -0.613. The molecule has 10 heteroatoms. The van der Waals surface area contributed by atoms with E-state index in [9.17, 15) is 8.42 Å². The average Bonchev–Trinajstić information content (AvgIpc) is 2.81. The number of aromatic nitrogens is 3. The molecule has 2 heterocycles. The van der Waals surface area contributed by atoms with E-state index in [0.717, 1.165) is 6.26 Å². The number of thioether (sulfide) groups is 1. The maximum absolute atomic E-state index is 12.2. The Kier molecular flexibility index (Phi) is 6.19. The van der Waals surface area contributed by atoms with E-state index in [1.54, 1.807) is 6.07 Å². The summed E-state index contributed by atoms with van der Waals surface area (Å²) in [7, 11) is -5.43. The number of halogens is 1. The highest BCUT2D eigenvalue weighted by atomic mass is 35.5. The van der Waals surface area contributed by atoms with Crippen molar-refractivity contribution in [3.8, 4) is 0 Å². The number of hydrogen-bond donors (Lipinski definition) is 0. The van der Waals surface area contributed by atoms with Gasteiger partial charge in [-0.3, -0.25) is 0 Å². The first-order chi connectivity index (χ1) is 11.8. The second-order valence-corrected chi connectivity index (χ2v) is 15.6. The molecule has 2 aromatic rings. The molecule has 6 nitrogen and oxygen atoms in total. The first kappa shape index (κ1) is 21.7. The molecule has 0 fully saturated rings. The maximum Gasteiger partial charge on any atom is 0.195 e. The maximum atomic E-state index is 12.2. The highest BCUT2D eigenvalue weighted by molar-refractivity contribution is 7.98. The number of pyridine rings is 1. The molecule has 0 spiro atoms. The van der Waals surface area contributed by atoms with Crippen LogP contribution in [-0.4, -0.2) is 50.4 Å². The van der Waals surface area contributed by atoms with Gasteiger partial charge < -0.3 is 8.99 Å². The van der Waals surface area contributed by atoms with Crippen LogP contribution < -0.4 is 0 Å². The molecule has 0 bridgehead atoms. The first-order valence-corrected chi connectivity index (χ1v) is 14.6. The van der Waals surface area contributed by atoms with Crippen LogP contribution >= 0.6 is 23.4 Å². The van der Waals surface area contributed by atoms with Crippen LogP contribution in [0.5, 0.6) is 0 Å². The predicted molar refractivity (Wildman–Crippen MR) is 111 cm³/mol. The number of rotatable bonds is 6. The number of sulfone groups is 1. The van der Waals surface area contributed by atoms with E-state index in [-0.39, 0.29) is 15.2 Å². The molecule has 0 aliphatic carbocycles. The molecule has 2 rings (SSSR count). The standard InChI is InChI=1S/C16H26ClN3O3S2Si/c1-16(2,3)26(6,7)23-9-8-20-13-11(18-15(20)24-4)10-12(17)19-14(13)25(5,21)22/h10H,8-9H2,1-7H3. The summed E-state index contributed by atoms with van der Waals surface area (Å²) < 4.78 is 32.6. The monoisotopic (exact) mass is 435 g/mol. The van der Waals surface area contributed by atoms with Crippen molar-refractivity contribution in [2.45, 2.75) is 55.6 Å². The molecular weight excluding hydrogens is 410 g/mol. The highest BCUT2D eigenvalue weighted by Crippen LogP contribution is 2.36. The fourth-order valence-electron chi connectivity index (χ4n) is 2.30. The second-order valence-electron chi connectivity index (χ2n) is 7.75. The topological polar surface area (TPSA) is 74.1 Å². The Morgan fingerprint density at radius 2 is 1.92 bits per heavy atom. The molecule has 0 saturated heterocycles. The molecule has 0 atom stereocenters. The van der Waals surface area contributed by atoms with E-state index >= 15 is 0 Å². The molecule has 0 amide bonds. The van der Waals surface area contributed by atoms with Crippen molar-refractivity contribution >= 4 is 52.6 Å². The Bertz CT molecular complexity index is 921. The minimum atomic E-state index is -3.54. The van der Waals surface area contributed by atoms with Crippen LogP contribution in [0, 0.1) is 0 Å².